The van der Waals surface area contributed by atoms with Gasteiger partial charge < -0.3 is 15.4 Å². The number of benzene rings is 1. The van der Waals surface area contributed by atoms with Crippen LogP contribution in [0.1, 0.15) is 50.3 Å². The zero-order valence-electron chi connectivity index (χ0n) is 13.2. The van der Waals surface area contributed by atoms with E-state index in [1.165, 1.54) is 0 Å². The third-order valence-corrected chi connectivity index (χ3v) is 4.15. The number of ether oxygens (including phenoxy) is 1. The lowest BCUT2D eigenvalue weighted by atomic mass is 9.92. The van der Waals surface area contributed by atoms with Crippen LogP contribution in [0.5, 0.6) is 0 Å². The molecule has 0 radical (unpaired) electrons. The summed E-state index contributed by atoms with van der Waals surface area (Å²) in [6.07, 6.45) is 2.34. The molecule has 116 valence electrons. The molecule has 2 N–H and O–H groups in total. The van der Waals surface area contributed by atoms with Crippen molar-refractivity contribution in [2.75, 3.05) is 7.11 Å². The molecule has 1 aromatic carbocycles. The zero-order chi connectivity index (χ0) is 15.4. The lowest BCUT2D eigenvalue weighted by Gasteiger charge is -2.38. The van der Waals surface area contributed by atoms with E-state index < -0.39 is 0 Å². The molecule has 1 aliphatic heterocycles. The Balaban J connectivity index is 2.47. The molecular weight excluding hydrogens is 264 g/mol. The van der Waals surface area contributed by atoms with Gasteiger partial charge in [-0.2, -0.15) is 0 Å². The van der Waals surface area contributed by atoms with E-state index in [4.69, 9.17) is 10.5 Å². The van der Waals surface area contributed by atoms with Crippen LogP contribution in [0.15, 0.2) is 24.3 Å². The molecule has 1 aromatic rings. The molecule has 2 rings (SSSR count). The molecule has 0 aromatic heterocycles. The average molecular weight is 290 g/mol. The zero-order valence-corrected chi connectivity index (χ0v) is 13.2. The van der Waals surface area contributed by atoms with Gasteiger partial charge in [0.25, 0.3) is 0 Å². The number of hydrogen-bond acceptors (Lipinski definition) is 3. The standard InChI is InChI=1S/C17H26N2O2/c1-12(2)19-16(20)10-6-9-15(18)17(19)14-8-5-4-7-13(14)11-21-3/h4-5,7-8,12,15,17H,6,9-11,18H2,1-3H3. The van der Waals surface area contributed by atoms with Gasteiger partial charge in [0.2, 0.25) is 5.91 Å². The second-order valence-electron chi connectivity index (χ2n) is 6.03. The highest BCUT2D eigenvalue weighted by Crippen LogP contribution is 2.33. The summed E-state index contributed by atoms with van der Waals surface area (Å²) in [6.45, 7) is 4.66. The number of nitrogens with two attached hydrogens (primary N) is 1. The van der Waals surface area contributed by atoms with Gasteiger partial charge in [-0.25, -0.2) is 0 Å². The Morgan fingerprint density at radius 3 is 2.76 bits per heavy atom. The summed E-state index contributed by atoms with van der Waals surface area (Å²) >= 11 is 0. The van der Waals surface area contributed by atoms with Gasteiger partial charge in [0.1, 0.15) is 0 Å². The number of carbonyl (C=O) groups excluding carboxylic acids is 1. The fourth-order valence-corrected chi connectivity index (χ4v) is 3.24. The summed E-state index contributed by atoms with van der Waals surface area (Å²) in [4.78, 5) is 14.5. The molecule has 4 heteroatoms. The SMILES string of the molecule is COCc1ccccc1C1C(N)CCCC(=O)N1C(C)C. The molecule has 0 aliphatic carbocycles. The van der Waals surface area contributed by atoms with Crippen molar-refractivity contribution in [2.24, 2.45) is 5.73 Å². The molecule has 2 atom stereocenters. The lowest BCUT2D eigenvalue weighted by Crippen LogP contribution is -2.46. The van der Waals surface area contributed by atoms with E-state index >= 15 is 0 Å². The second-order valence-corrected chi connectivity index (χ2v) is 6.03. The molecule has 1 aliphatic rings. The van der Waals surface area contributed by atoms with Crippen LogP contribution in [0.3, 0.4) is 0 Å². The van der Waals surface area contributed by atoms with Crippen LogP contribution >= 0.6 is 0 Å². The Morgan fingerprint density at radius 2 is 2.10 bits per heavy atom. The number of rotatable bonds is 4. The van der Waals surface area contributed by atoms with Crippen LogP contribution in [0.2, 0.25) is 0 Å². The largest absolute Gasteiger partial charge is 0.380 e. The van der Waals surface area contributed by atoms with Crippen molar-refractivity contribution in [3.8, 4) is 0 Å². The first kappa shape index (κ1) is 16.0. The lowest BCUT2D eigenvalue weighted by molar-refractivity contribution is -0.135. The quantitative estimate of drug-likeness (QED) is 0.927. The summed E-state index contributed by atoms with van der Waals surface area (Å²) in [5, 5.41) is 0. The fraction of sp³-hybridized carbons (Fsp3) is 0.588. The third kappa shape index (κ3) is 3.44. The van der Waals surface area contributed by atoms with E-state index in [0.717, 1.165) is 24.0 Å². The van der Waals surface area contributed by atoms with Crippen molar-refractivity contribution in [2.45, 2.75) is 57.8 Å². The summed E-state index contributed by atoms with van der Waals surface area (Å²) in [6, 6.07) is 8.19. The molecule has 0 spiro atoms. The van der Waals surface area contributed by atoms with Crippen molar-refractivity contribution in [1.82, 2.24) is 4.90 Å². The molecule has 2 unspecified atom stereocenters. The van der Waals surface area contributed by atoms with Crippen LogP contribution in [-0.4, -0.2) is 30.0 Å². The number of nitrogens with zero attached hydrogens (tertiary/aromatic N) is 1. The van der Waals surface area contributed by atoms with Crippen LogP contribution in [0.25, 0.3) is 0 Å². The molecule has 21 heavy (non-hydrogen) atoms. The Hall–Kier alpha value is -1.39. The van der Waals surface area contributed by atoms with Crippen LogP contribution in [0.4, 0.5) is 0 Å². The van der Waals surface area contributed by atoms with Crippen molar-refractivity contribution < 1.29 is 9.53 Å². The minimum absolute atomic E-state index is 0.0307. The van der Waals surface area contributed by atoms with Gasteiger partial charge >= 0.3 is 0 Å². The third-order valence-electron chi connectivity index (χ3n) is 4.15. The highest BCUT2D eigenvalue weighted by atomic mass is 16.5. The first-order chi connectivity index (χ1) is 10.1. The van der Waals surface area contributed by atoms with Gasteiger partial charge in [-0.15, -0.1) is 0 Å². The van der Waals surface area contributed by atoms with E-state index in [0.29, 0.717) is 13.0 Å². The highest BCUT2D eigenvalue weighted by molar-refractivity contribution is 5.77. The maximum absolute atomic E-state index is 12.5. The molecule has 1 heterocycles. The van der Waals surface area contributed by atoms with Gasteiger partial charge in [0.05, 0.1) is 12.6 Å². The average Bonchev–Trinajstić information content (AvgIpc) is 2.59. The fourth-order valence-electron chi connectivity index (χ4n) is 3.24. The number of carbonyl (C=O) groups is 1. The Labute approximate surface area is 127 Å². The summed E-state index contributed by atoms with van der Waals surface area (Å²) in [5.74, 6) is 0.204. The van der Waals surface area contributed by atoms with Crippen LogP contribution in [-0.2, 0) is 16.1 Å². The Morgan fingerprint density at radius 1 is 1.38 bits per heavy atom. The van der Waals surface area contributed by atoms with E-state index in [9.17, 15) is 4.79 Å². The maximum atomic E-state index is 12.5. The van der Waals surface area contributed by atoms with Crippen molar-refractivity contribution in [1.29, 1.82) is 0 Å². The monoisotopic (exact) mass is 290 g/mol. The molecule has 1 saturated heterocycles. The van der Waals surface area contributed by atoms with Gasteiger partial charge in [-0.1, -0.05) is 24.3 Å². The molecule has 0 bridgehead atoms. The first-order valence-electron chi connectivity index (χ1n) is 7.69. The van der Waals surface area contributed by atoms with E-state index in [2.05, 4.69) is 26.0 Å². The van der Waals surface area contributed by atoms with E-state index in [1.54, 1.807) is 7.11 Å². The molecule has 1 fully saturated rings. The predicted molar refractivity (Wildman–Crippen MR) is 83.7 cm³/mol. The van der Waals surface area contributed by atoms with Crippen molar-refractivity contribution >= 4 is 5.91 Å². The van der Waals surface area contributed by atoms with Crippen molar-refractivity contribution in [3.05, 3.63) is 35.4 Å². The molecule has 0 saturated carbocycles. The highest BCUT2D eigenvalue weighted by Gasteiger charge is 2.35. The number of likely N-dealkylation sites (tertiary alicyclic amines) is 1. The van der Waals surface area contributed by atoms with Gasteiger partial charge in [-0.05, 0) is 37.8 Å². The topological polar surface area (TPSA) is 55.6 Å². The van der Waals surface area contributed by atoms with Crippen LogP contribution < -0.4 is 5.73 Å². The summed E-state index contributed by atoms with van der Waals surface area (Å²) in [7, 11) is 1.69. The normalized spacial score (nSPS) is 23.5. The van der Waals surface area contributed by atoms with E-state index in [1.807, 2.05) is 17.0 Å². The minimum Gasteiger partial charge on any atom is -0.380 e. The molecular formula is C17H26N2O2. The Bertz CT molecular complexity index is 487. The maximum Gasteiger partial charge on any atom is 0.223 e. The number of methoxy groups -OCH3 is 1. The number of amides is 1. The molecule has 1 amide bonds. The van der Waals surface area contributed by atoms with Gasteiger partial charge in [-0.3, -0.25) is 4.79 Å². The molecule has 4 nitrogen and oxygen atoms in total. The smallest absolute Gasteiger partial charge is 0.223 e. The minimum atomic E-state index is -0.0636. The number of hydrogen-bond donors (Lipinski definition) is 1. The van der Waals surface area contributed by atoms with E-state index in [-0.39, 0.29) is 24.0 Å². The van der Waals surface area contributed by atoms with Gasteiger partial charge in [0, 0.05) is 25.6 Å². The van der Waals surface area contributed by atoms with Crippen molar-refractivity contribution in [3.63, 3.8) is 0 Å². The summed E-state index contributed by atoms with van der Waals surface area (Å²) < 4.78 is 5.30. The first-order valence-corrected chi connectivity index (χ1v) is 7.69. The van der Waals surface area contributed by atoms with Gasteiger partial charge in [0.15, 0.2) is 0 Å². The predicted octanol–water partition coefficient (Wildman–Crippen LogP) is 2.62. The summed E-state index contributed by atoms with van der Waals surface area (Å²) in [5.41, 5.74) is 8.66. The second kappa shape index (κ2) is 7.05. The van der Waals surface area contributed by atoms with Crippen LogP contribution in [0, 0.1) is 0 Å². The Kier molecular flexibility index (Phi) is 5.37.